The Bertz CT molecular complexity index is 617. The van der Waals surface area contributed by atoms with Crippen molar-refractivity contribution in [3.05, 3.63) is 52.4 Å². The Morgan fingerprint density at radius 1 is 1.33 bits per heavy atom. The van der Waals surface area contributed by atoms with Gasteiger partial charge in [-0.2, -0.15) is 0 Å². The fraction of sp³-hybridized carbons (Fsp3) is 0.500. The van der Waals surface area contributed by atoms with Gasteiger partial charge in [-0.25, -0.2) is 0 Å². The van der Waals surface area contributed by atoms with Crippen molar-refractivity contribution < 1.29 is 4.52 Å². The number of nitrogens with zero attached hydrogens (tertiary/aromatic N) is 2. The van der Waals surface area contributed by atoms with E-state index < -0.39 is 0 Å². The van der Waals surface area contributed by atoms with E-state index in [0.29, 0.717) is 6.04 Å². The number of likely N-dealkylation sites (tertiary alicyclic amines) is 1. The van der Waals surface area contributed by atoms with E-state index in [0.717, 1.165) is 31.0 Å². The maximum absolute atomic E-state index is 5.50. The lowest BCUT2D eigenvalue weighted by atomic mass is 10.0. The molecule has 0 unspecified atom stereocenters. The van der Waals surface area contributed by atoms with Crippen LogP contribution < -0.4 is 0 Å². The van der Waals surface area contributed by atoms with Gasteiger partial charge in [0.05, 0.1) is 5.69 Å². The number of rotatable bonds is 4. The molecule has 112 valence electrons. The minimum Gasteiger partial charge on any atom is -0.361 e. The van der Waals surface area contributed by atoms with Crippen molar-refractivity contribution >= 4 is 0 Å². The third-order valence-corrected chi connectivity index (χ3v) is 4.47. The SMILES string of the molecule is CCc1onc(C)c1[C@H]1CCCN1Cc1cccc(C)c1. The summed E-state index contributed by atoms with van der Waals surface area (Å²) in [4.78, 5) is 2.58. The molecule has 0 saturated carbocycles. The summed E-state index contributed by atoms with van der Waals surface area (Å²) in [5, 5.41) is 4.19. The van der Waals surface area contributed by atoms with Gasteiger partial charge in [0, 0.05) is 24.6 Å². The van der Waals surface area contributed by atoms with E-state index in [4.69, 9.17) is 4.52 Å². The van der Waals surface area contributed by atoms with E-state index in [-0.39, 0.29) is 0 Å². The number of benzene rings is 1. The van der Waals surface area contributed by atoms with E-state index in [1.165, 1.54) is 29.5 Å². The van der Waals surface area contributed by atoms with Crippen LogP contribution in [0.25, 0.3) is 0 Å². The van der Waals surface area contributed by atoms with Gasteiger partial charge in [-0.1, -0.05) is 41.9 Å². The second-order valence-electron chi connectivity index (χ2n) is 6.08. The Morgan fingerprint density at radius 2 is 2.19 bits per heavy atom. The van der Waals surface area contributed by atoms with Crippen molar-refractivity contribution in [2.24, 2.45) is 0 Å². The van der Waals surface area contributed by atoms with Gasteiger partial charge in [-0.3, -0.25) is 4.90 Å². The lowest BCUT2D eigenvalue weighted by Gasteiger charge is -2.25. The van der Waals surface area contributed by atoms with Crippen molar-refractivity contribution in [1.82, 2.24) is 10.1 Å². The molecule has 1 saturated heterocycles. The Hall–Kier alpha value is -1.61. The molecule has 1 aromatic carbocycles. The predicted molar refractivity (Wildman–Crippen MR) is 84.2 cm³/mol. The summed E-state index contributed by atoms with van der Waals surface area (Å²) in [7, 11) is 0. The molecule has 0 radical (unpaired) electrons. The van der Waals surface area contributed by atoms with Crippen LogP contribution in [0.15, 0.2) is 28.8 Å². The largest absolute Gasteiger partial charge is 0.361 e. The summed E-state index contributed by atoms with van der Waals surface area (Å²) in [6.45, 7) is 8.54. The molecule has 2 heterocycles. The number of aromatic nitrogens is 1. The summed E-state index contributed by atoms with van der Waals surface area (Å²) < 4.78 is 5.50. The Morgan fingerprint density at radius 3 is 2.95 bits per heavy atom. The van der Waals surface area contributed by atoms with Crippen LogP contribution in [0.3, 0.4) is 0 Å². The van der Waals surface area contributed by atoms with Gasteiger partial charge in [0.2, 0.25) is 0 Å². The molecule has 2 aromatic rings. The van der Waals surface area contributed by atoms with Crippen molar-refractivity contribution in [1.29, 1.82) is 0 Å². The second-order valence-corrected chi connectivity index (χ2v) is 6.08. The van der Waals surface area contributed by atoms with Crippen molar-refractivity contribution in [3.8, 4) is 0 Å². The van der Waals surface area contributed by atoms with Crippen LogP contribution in [0.5, 0.6) is 0 Å². The van der Waals surface area contributed by atoms with E-state index in [9.17, 15) is 0 Å². The van der Waals surface area contributed by atoms with E-state index in [1.54, 1.807) is 0 Å². The van der Waals surface area contributed by atoms with Gasteiger partial charge in [0.25, 0.3) is 0 Å². The first kappa shape index (κ1) is 14.3. The van der Waals surface area contributed by atoms with Crippen LogP contribution in [0.2, 0.25) is 0 Å². The molecule has 1 aliphatic rings. The summed E-state index contributed by atoms with van der Waals surface area (Å²) in [5.74, 6) is 1.06. The minimum atomic E-state index is 0.465. The molecule has 1 aliphatic heterocycles. The van der Waals surface area contributed by atoms with E-state index in [2.05, 4.69) is 55.1 Å². The molecule has 0 aliphatic carbocycles. The first-order valence-corrected chi connectivity index (χ1v) is 7.93. The highest BCUT2D eigenvalue weighted by molar-refractivity contribution is 5.28. The average Bonchev–Trinajstić information content (AvgIpc) is 3.05. The van der Waals surface area contributed by atoms with Gasteiger partial charge >= 0.3 is 0 Å². The zero-order valence-electron chi connectivity index (χ0n) is 13.2. The van der Waals surface area contributed by atoms with Crippen LogP contribution in [-0.4, -0.2) is 16.6 Å². The van der Waals surface area contributed by atoms with Crippen LogP contribution in [-0.2, 0) is 13.0 Å². The van der Waals surface area contributed by atoms with Gasteiger partial charge in [-0.05, 0) is 38.8 Å². The van der Waals surface area contributed by atoms with Gasteiger partial charge in [0.1, 0.15) is 5.76 Å². The average molecular weight is 284 g/mol. The zero-order chi connectivity index (χ0) is 14.8. The highest BCUT2D eigenvalue weighted by atomic mass is 16.5. The molecular weight excluding hydrogens is 260 g/mol. The fourth-order valence-electron chi connectivity index (χ4n) is 3.49. The summed E-state index contributed by atoms with van der Waals surface area (Å²) in [5.41, 5.74) is 5.13. The normalized spacial score (nSPS) is 19.3. The van der Waals surface area contributed by atoms with Gasteiger partial charge < -0.3 is 4.52 Å². The third kappa shape index (κ3) is 2.88. The predicted octanol–water partition coefficient (Wildman–Crippen LogP) is 4.19. The van der Waals surface area contributed by atoms with Crippen molar-refractivity contribution in [2.75, 3.05) is 6.54 Å². The molecule has 1 atom stereocenters. The minimum absolute atomic E-state index is 0.465. The molecule has 0 N–H and O–H groups in total. The maximum Gasteiger partial charge on any atom is 0.141 e. The summed E-state index contributed by atoms with van der Waals surface area (Å²) in [6, 6.07) is 9.29. The molecule has 21 heavy (non-hydrogen) atoms. The lowest BCUT2D eigenvalue weighted by Crippen LogP contribution is -2.23. The molecule has 3 nitrogen and oxygen atoms in total. The molecule has 1 fully saturated rings. The Kier molecular flexibility index (Phi) is 4.11. The number of hydrogen-bond donors (Lipinski definition) is 0. The molecule has 0 amide bonds. The molecule has 3 heteroatoms. The molecule has 3 rings (SSSR count). The van der Waals surface area contributed by atoms with Crippen LogP contribution in [0.1, 0.15) is 54.0 Å². The monoisotopic (exact) mass is 284 g/mol. The highest BCUT2D eigenvalue weighted by Crippen LogP contribution is 2.36. The fourth-order valence-corrected chi connectivity index (χ4v) is 3.49. The van der Waals surface area contributed by atoms with Crippen LogP contribution in [0, 0.1) is 13.8 Å². The number of aryl methyl sites for hydroxylation is 3. The van der Waals surface area contributed by atoms with Crippen molar-refractivity contribution in [2.45, 2.75) is 52.6 Å². The summed E-state index contributed by atoms with van der Waals surface area (Å²) >= 11 is 0. The lowest BCUT2D eigenvalue weighted by molar-refractivity contribution is 0.245. The van der Waals surface area contributed by atoms with Crippen molar-refractivity contribution in [3.63, 3.8) is 0 Å². The second kappa shape index (κ2) is 6.02. The van der Waals surface area contributed by atoms with Gasteiger partial charge in [-0.15, -0.1) is 0 Å². The first-order chi connectivity index (χ1) is 10.2. The van der Waals surface area contributed by atoms with Crippen LogP contribution >= 0.6 is 0 Å². The van der Waals surface area contributed by atoms with Gasteiger partial charge in [0.15, 0.2) is 0 Å². The maximum atomic E-state index is 5.50. The Labute approximate surface area is 126 Å². The smallest absolute Gasteiger partial charge is 0.141 e. The molecule has 0 spiro atoms. The standard InChI is InChI=1S/C18H24N2O/c1-4-17-18(14(3)19-21-17)16-9-6-10-20(16)12-15-8-5-7-13(2)11-15/h5,7-8,11,16H,4,6,9-10,12H2,1-3H3/t16-/m1/s1. The first-order valence-electron chi connectivity index (χ1n) is 7.93. The topological polar surface area (TPSA) is 29.3 Å². The zero-order valence-corrected chi connectivity index (χ0v) is 13.2. The molecule has 1 aromatic heterocycles. The van der Waals surface area contributed by atoms with E-state index >= 15 is 0 Å². The molecular formula is C18H24N2O. The quantitative estimate of drug-likeness (QED) is 0.843. The number of hydrogen-bond acceptors (Lipinski definition) is 3. The highest BCUT2D eigenvalue weighted by Gasteiger charge is 2.31. The summed E-state index contributed by atoms with van der Waals surface area (Å²) in [6.07, 6.45) is 3.39. The van der Waals surface area contributed by atoms with E-state index in [1.807, 2.05) is 0 Å². The van der Waals surface area contributed by atoms with Crippen LogP contribution in [0.4, 0.5) is 0 Å². The Balaban J connectivity index is 1.84. The third-order valence-electron chi connectivity index (χ3n) is 4.47. The molecule has 0 bridgehead atoms.